The van der Waals surface area contributed by atoms with Gasteiger partial charge in [0, 0.05) is 25.0 Å². The lowest BCUT2D eigenvalue weighted by Gasteiger charge is -2.29. The minimum Gasteiger partial charge on any atom is -0.490 e. The number of rotatable bonds is 2. The zero-order chi connectivity index (χ0) is 12.8. The topological polar surface area (TPSA) is 44.5 Å². The number of hydrogen-bond acceptors (Lipinski definition) is 3. The molecule has 18 heavy (non-hydrogen) atoms. The minimum absolute atomic E-state index is 0.131. The predicted octanol–water partition coefficient (Wildman–Crippen LogP) is 2.19. The molecule has 1 aromatic carbocycles. The highest BCUT2D eigenvalue weighted by Gasteiger charge is 2.41. The molecule has 0 aromatic heterocycles. The van der Waals surface area contributed by atoms with E-state index in [9.17, 15) is 0 Å². The van der Waals surface area contributed by atoms with Crippen LogP contribution in [-0.4, -0.2) is 24.4 Å². The van der Waals surface area contributed by atoms with Crippen molar-refractivity contribution in [1.29, 1.82) is 0 Å². The summed E-state index contributed by atoms with van der Waals surface area (Å²) in [6.07, 6.45) is 3.12. The second-order valence-corrected chi connectivity index (χ2v) is 5.76. The molecule has 0 amide bonds. The third kappa shape index (κ3) is 2.02. The van der Waals surface area contributed by atoms with Crippen molar-refractivity contribution in [3.8, 4) is 5.75 Å². The van der Waals surface area contributed by atoms with E-state index in [1.54, 1.807) is 0 Å². The Morgan fingerprint density at radius 2 is 2.28 bits per heavy atom. The molecule has 1 fully saturated rings. The van der Waals surface area contributed by atoms with E-state index in [0.717, 1.165) is 31.6 Å². The van der Waals surface area contributed by atoms with Crippen LogP contribution in [0.1, 0.15) is 30.9 Å². The number of benzene rings is 1. The second kappa shape index (κ2) is 4.25. The summed E-state index contributed by atoms with van der Waals surface area (Å²) in [5.41, 5.74) is 8.83. The number of nitrogens with two attached hydrogens (primary N) is 1. The SMILES string of the molecule is Cc1ccc2c(c1)CC(CC1(N)CCOC1C)O2. The third-order valence-corrected chi connectivity index (χ3v) is 4.31. The van der Waals surface area contributed by atoms with Crippen molar-refractivity contribution in [2.24, 2.45) is 5.73 Å². The van der Waals surface area contributed by atoms with Gasteiger partial charge in [-0.25, -0.2) is 0 Å². The van der Waals surface area contributed by atoms with Gasteiger partial charge < -0.3 is 15.2 Å². The number of ether oxygens (including phenoxy) is 2. The first kappa shape index (κ1) is 12.0. The predicted molar refractivity (Wildman–Crippen MR) is 70.9 cm³/mol. The Bertz CT molecular complexity index is 460. The lowest BCUT2D eigenvalue weighted by atomic mass is 9.86. The van der Waals surface area contributed by atoms with Crippen molar-refractivity contribution in [1.82, 2.24) is 0 Å². The van der Waals surface area contributed by atoms with Gasteiger partial charge in [0.25, 0.3) is 0 Å². The highest BCUT2D eigenvalue weighted by atomic mass is 16.5. The number of fused-ring (bicyclic) bond motifs is 1. The van der Waals surface area contributed by atoms with Crippen LogP contribution in [0.25, 0.3) is 0 Å². The molecule has 1 aromatic rings. The van der Waals surface area contributed by atoms with Crippen LogP contribution >= 0.6 is 0 Å². The van der Waals surface area contributed by atoms with Gasteiger partial charge in [-0.05, 0) is 31.9 Å². The molecule has 3 heteroatoms. The minimum atomic E-state index is -0.220. The van der Waals surface area contributed by atoms with Crippen molar-refractivity contribution >= 4 is 0 Å². The lowest BCUT2D eigenvalue weighted by Crippen LogP contribution is -2.49. The van der Waals surface area contributed by atoms with Crippen LogP contribution < -0.4 is 10.5 Å². The van der Waals surface area contributed by atoms with Crippen LogP contribution in [0.5, 0.6) is 5.75 Å². The average molecular weight is 247 g/mol. The lowest BCUT2D eigenvalue weighted by molar-refractivity contribution is 0.0769. The fourth-order valence-corrected chi connectivity index (χ4v) is 3.05. The third-order valence-electron chi connectivity index (χ3n) is 4.31. The van der Waals surface area contributed by atoms with Crippen LogP contribution in [0.4, 0.5) is 0 Å². The van der Waals surface area contributed by atoms with Crippen molar-refractivity contribution in [3.63, 3.8) is 0 Å². The average Bonchev–Trinajstić information content (AvgIpc) is 2.83. The highest BCUT2D eigenvalue weighted by Crippen LogP contribution is 2.35. The molecule has 2 aliphatic rings. The number of aryl methyl sites for hydroxylation is 1. The van der Waals surface area contributed by atoms with E-state index in [2.05, 4.69) is 32.0 Å². The molecule has 3 unspecified atom stereocenters. The smallest absolute Gasteiger partial charge is 0.123 e. The first-order valence-electron chi connectivity index (χ1n) is 6.73. The summed E-state index contributed by atoms with van der Waals surface area (Å²) in [7, 11) is 0. The van der Waals surface area contributed by atoms with Crippen LogP contribution in [-0.2, 0) is 11.2 Å². The summed E-state index contributed by atoms with van der Waals surface area (Å²) in [5.74, 6) is 1.03. The second-order valence-electron chi connectivity index (χ2n) is 5.76. The van der Waals surface area contributed by atoms with Crippen LogP contribution in [0, 0.1) is 6.92 Å². The molecular formula is C15H21NO2. The van der Waals surface area contributed by atoms with E-state index in [4.69, 9.17) is 15.2 Å². The molecule has 2 heterocycles. The van der Waals surface area contributed by atoms with Gasteiger partial charge in [0.05, 0.1) is 6.10 Å². The molecule has 3 nitrogen and oxygen atoms in total. The van der Waals surface area contributed by atoms with E-state index in [-0.39, 0.29) is 17.7 Å². The van der Waals surface area contributed by atoms with Gasteiger partial charge in [0.2, 0.25) is 0 Å². The fraction of sp³-hybridized carbons (Fsp3) is 0.600. The summed E-state index contributed by atoms with van der Waals surface area (Å²) in [6, 6.07) is 6.39. The van der Waals surface area contributed by atoms with Gasteiger partial charge in [-0.2, -0.15) is 0 Å². The Kier molecular flexibility index (Phi) is 2.83. The van der Waals surface area contributed by atoms with E-state index >= 15 is 0 Å². The van der Waals surface area contributed by atoms with Gasteiger partial charge in [-0.15, -0.1) is 0 Å². The standard InChI is InChI=1S/C15H21NO2/c1-10-3-4-14-12(7-10)8-13(18-14)9-15(16)5-6-17-11(15)2/h3-4,7,11,13H,5-6,8-9,16H2,1-2H3. The van der Waals surface area contributed by atoms with E-state index < -0.39 is 0 Å². The van der Waals surface area contributed by atoms with Crippen molar-refractivity contribution in [2.45, 2.75) is 50.9 Å². The molecule has 0 aliphatic carbocycles. The molecule has 3 rings (SSSR count). The maximum atomic E-state index is 6.44. The molecule has 2 N–H and O–H groups in total. The Morgan fingerprint density at radius 3 is 3.00 bits per heavy atom. The van der Waals surface area contributed by atoms with E-state index in [1.165, 1.54) is 11.1 Å². The first-order chi connectivity index (χ1) is 8.57. The zero-order valence-electron chi connectivity index (χ0n) is 11.1. The molecule has 3 atom stereocenters. The molecule has 1 saturated heterocycles. The van der Waals surface area contributed by atoms with Crippen molar-refractivity contribution in [3.05, 3.63) is 29.3 Å². The summed E-state index contributed by atoms with van der Waals surface area (Å²) in [5, 5.41) is 0. The molecule has 98 valence electrons. The van der Waals surface area contributed by atoms with Crippen molar-refractivity contribution < 1.29 is 9.47 Å². The Hall–Kier alpha value is -1.06. The van der Waals surface area contributed by atoms with E-state index in [0.29, 0.717) is 0 Å². The molecule has 0 radical (unpaired) electrons. The highest BCUT2D eigenvalue weighted by molar-refractivity contribution is 5.40. The summed E-state index contributed by atoms with van der Waals surface area (Å²) >= 11 is 0. The van der Waals surface area contributed by atoms with Crippen LogP contribution in [0.15, 0.2) is 18.2 Å². The summed E-state index contributed by atoms with van der Waals surface area (Å²) < 4.78 is 11.6. The fourth-order valence-electron chi connectivity index (χ4n) is 3.05. The van der Waals surface area contributed by atoms with Crippen molar-refractivity contribution in [2.75, 3.05) is 6.61 Å². The zero-order valence-corrected chi connectivity index (χ0v) is 11.1. The normalized spacial score (nSPS) is 34.4. The van der Waals surface area contributed by atoms with E-state index in [1.807, 2.05) is 0 Å². The molecule has 0 spiro atoms. The largest absolute Gasteiger partial charge is 0.490 e. The Balaban J connectivity index is 1.71. The molecule has 2 aliphatic heterocycles. The maximum absolute atomic E-state index is 6.44. The van der Waals surface area contributed by atoms with Gasteiger partial charge in [-0.3, -0.25) is 0 Å². The monoisotopic (exact) mass is 247 g/mol. The first-order valence-corrected chi connectivity index (χ1v) is 6.73. The van der Waals surface area contributed by atoms with Gasteiger partial charge >= 0.3 is 0 Å². The van der Waals surface area contributed by atoms with Gasteiger partial charge in [0.15, 0.2) is 0 Å². The van der Waals surface area contributed by atoms with Crippen LogP contribution in [0.3, 0.4) is 0 Å². The molecule has 0 saturated carbocycles. The Labute approximate surface area is 108 Å². The number of hydrogen-bond donors (Lipinski definition) is 1. The van der Waals surface area contributed by atoms with Crippen LogP contribution in [0.2, 0.25) is 0 Å². The maximum Gasteiger partial charge on any atom is 0.123 e. The van der Waals surface area contributed by atoms with Gasteiger partial charge in [-0.1, -0.05) is 17.7 Å². The quantitative estimate of drug-likeness (QED) is 0.871. The summed E-state index contributed by atoms with van der Waals surface area (Å²) in [4.78, 5) is 0. The summed E-state index contributed by atoms with van der Waals surface area (Å²) in [6.45, 7) is 4.96. The Morgan fingerprint density at radius 1 is 1.44 bits per heavy atom. The van der Waals surface area contributed by atoms with Gasteiger partial charge in [0.1, 0.15) is 11.9 Å². The molecule has 0 bridgehead atoms. The molecular weight excluding hydrogens is 226 g/mol.